The molecule has 2 aliphatic rings. The van der Waals surface area contributed by atoms with Crippen molar-refractivity contribution in [2.75, 3.05) is 0 Å². The second-order valence-electron chi connectivity index (χ2n) is 5.33. The van der Waals surface area contributed by atoms with Crippen molar-refractivity contribution in [3.05, 3.63) is 17.3 Å². The second kappa shape index (κ2) is 4.21. The van der Waals surface area contributed by atoms with Crippen LogP contribution in [0.5, 0.6) is 5.88 Å². The molecule has 0 saturated heterocycles. The molecule has 1 aromatic heterocycles. The lowest BCUT2D eigenvalue weighted by molar-refractivity contribution is 0.0886. The van der Waals surface area contributed by atoms with Gasteiger partial charge in [-0.15, -0.1) is 0 Å². The van der Waals surface area contributed by atoms with E-state index >= 15 is 0 Å². The van der Waals surface area contributed by atoms with Gasteiger partial charge in [-0.25, -0.2) is 0 Å². The zero-order valence-corrected chi connectivity index (χ0v) is 10.1. The van der Waals surface area contributed by atoms with Gasteiger partial charge in [0.25, 0.3) is 0 Å². The molecule has 1 fully saturated rings. The molecule has 3 heteroatoms. The third-order valence-electron chi connectivity index (χ3n) is 4.21. The van der Waals surface area contributed by atoms with Crippen molar-refractivity contribution >= 4 is 5.78 Å². The number of aromatic hydroxyl groups is 1. The average Bonchev–Trinajstić information content (AvgIpc) is 2.93. The Morgan fingerprint density at radius 2 is 2.00 bits per heavy atom. The van der Waals surface area contributed by atoms with Gasteiger partial charge in [0.05, 0.1) is 5.56 Å². The van der Waals surface area contributed by atoms with Crippen LogP contribution in [0.25, 0.3) is 0 Å². The number of aryl methyl sites for hydroxylation is 1. The minimum absolute atomic E-state index is 0.151. The van der Waals surface area contributed by atoms with Gasteiger partial charge in [-0.05, 0) is 31.7 Å². The normalized spacial score (nSPS) is 20.5. The molecule has 0 unspecified atom stereocenters. The third-order valence-corrected chi connectivity index (χ3v) is 4.21. The first-order chi connectivity index (χ1) is 8.27. The Morgan fingerprint density at radius 3 is 2.71 bits per heavy atom. The maximum atomic E-state index is 12.4. The lowest BCUT2D eigenvalue weighted by Gasteiger charge is -2.19. The smallest absolute Gasteiger partial charge is 0.202 e. The van der Waals surface area contributed by atoms with E-state index < -0.39 is 0 Å². The number of hydrogen-bond donors (Lipinski definition) is 1. The summed E-state index contributed by atoms with van der Waals surface area (Å²) < 4.78 is 1.90. The molecule has 0 bridgehead atoms. The van der Waals surface area contributed by atoms with E-state index in [1.807, 2.05) is 10.6 Å². The van der Waals surface area contributed by atoms with Gasteiger partial charge in [0.1, 0.15) is 0 Å². The largest absolute Gasteiger partial charge is 0.494 e. The highest BCUT2D eigenvalue weighted by Crippen LogP contribution is 2.33. The van der Waals surface area contributed by atoms with Crippen LogP contribution in [0.1, 0.15) is 54.6 Å². The Kier molecular flexibility index (Phi) is 2.69. The van der Waals surface area contributed by atoms with Gasteiger partial charge < -0.3 is 9.67 Å². The summed E-state index contributed by atoms with van der Waals surface area (Å²) >= 11 is 0. The van der Waals surface area contributed by atoms with Crippen LogP contribution in [-0.4, -0.2) is 15.5 Å². The molecular formula is C14H19NO2. The van der Waals surface area contributed by atoms with Crippen molar-refractivity contribution in [3.8, 4) is 5.88 Å². The van der Waals surface area contributed by atoms with Gasteiger partial charge in [0, 0.05) is 18.2 Å². The monoisotopic (exact) mass is 233 g/mol. The van der Waals surface area contributed by atoms with Gasteiger partial charge in [0.2, 0.25) is 5.88 Å². The first kappa shape index (κ1) is 10.9. The Bertz CT molecular complexity index is 441. The topological polar surface area (TPSA) is 42.2 Å². The van der Waals surface area contributed by atoms with Gasteiger partial charge in [-0.3, -0.25) is 4.79 Å². The molecule has 1 aliphatic heterocycles. The van der Waals surface area contributed by atoms with Crippen molar-refractivity contribution in [2.45, 2.75) is 51.5 Å². The van der Waals surface area contributed by atoms with Crippen molar-refractivity contribution in [1.82, 2.24) is 4.57 Å². The Balaban J connectivity index is 1.86. The summed E-state index contributed by atoms with van der Waals surface area (Å²) in [5.41, 5.74) is 1.70. The number of carbonyl (C=O) groups is 1. The van der Waals surface area contributed by atoms with E-state index in [2.05, 4.69) is 0 Å². The Hall–Kier alpha value is -1.25. The van der Waals surface area contributed by atoms with Crippen molar-refractivity contribution in [1.29, 1.82) is 0 Å². The van der Waals surface area contributed by atoms with Crippen LogP contribution in [0.2, 0.25) is 0 Å². The van der Waals surface area contributed by atoms with E-state index in [9.17, 15) is 9.90 Å². The number of rotatable bonds is 2. The minimum atomic E-state index is 0.151. The highest BCUT2D eigenvalue weighted by Gasteiger charge is 2.28. The number of hydrogen-bond acceptors (Lipinski definition) is 2. The van der Waals surface area contributed by atoms with E-state index in [0.29, 0.717) is 5.56 Å². The number of ketones is 1. The van der Waals surface area contributed by atoms with Crippen LogP contribution in [0.3, 0.4) is 0 Å². The number of Topliss-reactive ketones (excluding diaryl/α,β-unsaturated/α-hetero) is 1. The quantitative estimate of drug-likeness (QED) is 0.798. The zero-order chi connectivity index (χ0) is 11.8. The molecule has 0 atom stereocenters. The van der Waals surface area contributed by atoms with E-state index in [0.717, 1.165) is 50.8 Å². The predicted molar refractivity (Wildman–Crippen MR) is 65.3 cm³/mol. The van der Waals surface area contributed by atoms with Gasteiger partial charge in [-0.2, -0.15) is 0 Å². The summed E-state index contributed by atoms with van der Waals surface area (Å²) in [6, 6.07) is 1.92. The van der Waals surface area contributed by atoms with Crippen LogP contribution in [0.4, 0.5) is 0 Å². The van der Waals surface area contributed by atoms with Crippen LogP contribution < -0.4 is 0 Å². The Morgan fingerprint density at radius 1 is 1.24 bits per heavy atom. The van der Waals surface area contributed by atoms with Crippen LogP contribution in [0.15, 0.2) is 6.07 Å². The third kappa shape index (κ3) is 1.78. The molecule has 92 valence electrons. The summed E-state index contributed by atoms with van der Waals surface area (Å²) in [5.74, 6) is 0.537. The number of nitrogens with zero attached hydrogens (tertiary/aromatic N) is 1. The first-order valence-corrected chi connectivity index (χ1v) is 6.73. The van der Waals surface area contributed by atoms with E-state index in [4.69, 9.17) is 0 Å². The number of carbonyl (C=O) groups excluding carboxylic acids is 1. The maximum Gasteiger partial charge on any atom is 0.202 e. The van der Waals surface area contributed by atoms with Crippen LogP contribution in [0, 0.1) is 5.92 Å². The lowest BCUT2D eigenvalue weighted by atomic mass is 9.84. The summed E-state index contributed by atoms with van der Waals surface area (Å²) in [4.78, 5) is 12.4. The summed E-state index contributed by atoms with van der Waals surface area (Å²) in [5, 5.41) is 10.1. The molecule has 1 aliphatic carbocycles. The fraction of sp³-hybridized carbons (Fsp3) is 0.643. The Labute approximate surface area is 101 Å². The SMILES string of the molecule is O=C(c1cc2n(c1O)CCC2)C1CCCCC1. The van der Waals surface area contributed by atoms with E-state index in [1.54, 1.807) is 0 Å². The molecule has 3 rings (SSSR count). The highest BCUT2D eigenvalue weighted by molar-refractivity contribution is 6.00. The average molecular weight is 233 g/mol. The van der Waals surface area contributed by atoms with Crippen molar-refractivity contribution in [3.63, 3.8) is 0 Å². The van der Waals surface area contributed by atoms with Crippen LogP contribution >= 0.6 is 0 Å². The first-order valence-electron chi connectivity index (χ1n) is 6.73. The highest BCUT2D eigenvalue weighted by atomic mass is 16.3. The fourth-order valence-electron chi connectivity index (χ4n) is 3.23. The standard InChI is InChI=1S/C14H19NO2/c16-13(10-5-2-1-3-6-10)12-9-11-7-4-8-15(11)14(12)17/h9-10,17H,1-8H2. The molecule has 0 radical (unpaired) electrons. The molecule has 2 heterocycles. The molecule has 1 saturated carbocycles. The predicted octanol–water partition coefficient (Wildman–Crippen LogP) is 2.90. The molecule has 3 nitrogen and oxygen atoms in total. The summed E-state index contributed by atoms with van der Waals surface area (Å²) in [7, 11) is 0. The summed E-state index contributed by atoms with van der Waals surface area (Å²) in [6.07, 6.45) is 7.64. The van der Waals surface area contributed by atoms with Gasteiger partial charge in [0.15, 0.2) is 5.78 Å². The molecule has 1 aromatic rings. The molecule has 1 N–H and O–H groups in total. The maximum absolute atomic E-state index is 12.4. The van der Waals surface area contributed by atoms with Gasteiger partial charge >= 0.3 is 0 Å². The van der Waals surface area contributed by atoms with Gasteiger partial charge in [-0.1, -0.05) is 19.3 Å². The zero-order valence-electron chi connectivity index (χ0n) is 10.1. The summed E-state index contributed by atoms with van der Waals surface area (Å²) in [6.45, 7) is 0.860. The molecule has 17 heavy (non-hydrogen) atoms. The molecule has 0 aromatic carbocycles. The van der Waals surface area contributed by atoms with E-state index in [-0.39, 0.29) is 17.6 Å². The second-order valence-corrected chi connectivity index (χ2v) is 5.33. The number of aromatic nitrogens is 1. The fourth-order valence-corrected chi connectivity index (χ4v) is 3.23. The van der Waals surface area contributed by atoms with Crippen molar-refractivity contribution < 1.29 is 9.90 Å². The lowest BCUT2D eigenvalue weighted by Crippen LogP contribution is -2.17. The minimum Gasteiger partial charge on any atom is -0.494 e. The van der Waals surface area contributed by atoms with Crippen LogP contribution in [-0.2, 0) is 13.0 Å². The molecule has 0 spiro atoms. The molecular weight excluding hydrogens is 214 g/mol. The van der Waals surface area contributed by atoms with E-state index in [1.165, 1.54) is 6.42 Å². The number of fused-ring (bicyclic) bond motifs is 1. The molecule has 0 amide bonds. The van der Waals surface area contributed by atoms with Crippen molar-refractivity contribution in [2.24, 2.45) is 5.92 Å².